The van der Waals surface area contributed by atoms with Crippen molar-refractivity contribution in [1.29, 1.82) is 0 Å². The molecule has 1 aliphatic rings. The molecule has 0 bridgehead atoms. The number of hydrogen-bond donors (Lipinski definition) is 1. The molecule has 1 N–H and O–H groups in total. The van der Waals surface area contributed by atoms with Gasteiger partial charge in [-0.2, -0.15) is 4.31 Å². The van der Waals surface area contributed by atoms with Crippen LogP contribution in [-0.4, -0.2) is 31.2 Å². The summed E-state index contributed by atoms with van der Waals surface area (Å²) < 4.78 is 54.2. The Bertz CT molecular complexity index is 952. The molecule has 2 aromatic carbocycles. The van der Waals surface area contributed by atoms with Crippen LogP contribution in [0.5, 0.6) is 0 Å². The highest BCUT2D eigenvalue weighted by atomic mass is 79.9. The molecule has 144 valence electrons. The molecule has 0 spiro atoms. The lowest BCUT2D eigenvalue weighted by Gasteiger charge is -2.23. The number of rotatable bonds is 5. The van der Waals surface area contributed by atoms with Crippen LogP contribution in [0, 0.1) is 11.6 Å². The van der Waals surface area contributed by atoms with Gasteiger partial charge in [0.25, 0.3) is 0 Å². The lowest BCUT2D eigenvalue weighted by atomic mass is 10.2. The van der Waals surface area contributed by atoms with E-state index in [0.717, 1.165) is 16.4 Å². The molecule has 1 amide bonds. The SMILES string of the molecule is O=C(NCc1ccc(Br)cc1F)[C@@H]1CCCN1S(=O)(=O)c1ccc(F)cc1. The second-order valence-electron chi connectivity index (χ2n) is 6.18. The molecule has 0 aromatic heterocycles. The van der Waals surface area contributed by atoms with E-state index in [1.165, 1.54) is 18.2 Å². The molecular formula is C18H17BrF2N2O3S. The van der Waals surface area contributed by atoms with Crippen molar-refractivity contribution in [3.05, 3.63) is 64.1 Å². The topological polar surface area (TPSA) is 66.5 Å². The van der Waals surface area contributed by atoms with Gasteiger partial charge in [-0.1, -0.05) is 22.0 Å². The summed E-state index contributed by atoms with van der Waals surface area (Å²) in [7, 11) is -3.92. The minimum Gasteiger partial charge on any atom is -0.351 e. The van der Waals surface area contributed by atoms with E-state index in [1.807, 2.05) is 0 Å². The smallest absolute Gasteiger partial charge is 0.243 e. The second kappa shape index (κ2) is 8.04. The van der Waals surface area contributed by atoms with E-state index < -0.39 is 33.6 Å². The van der Waals surface area contributed by atoms with Gasteiger partial charge in [0.05, 0.1) is 4.90 Å². The van der Waals surface area contributed by atoms with Crippen LogP contribution >= 0.6 is 15.9 Å². The lowest BCUT2D eigenvalue weighted by molar-refractivity contribution is -0.124. The molecular weight excluding hydrogens is 442 g/mol. The highest BCUT2D eigenvalue weighted by Crippen LogP contribution is 2.26. The van der Waals surface area contributed by atoms with Crippen molar-refractivity contribution in [2.45, 2.75) is 30.3 Å². The summed E-state index contributed by atoms with van der Waals surface area (Å²) >= 11 is 3.16. The average molecular weight is 459 g/mol. The number of benzene rings is 2. The van der Waals surface area contributed by atoms with E-state index in [4.69, 9.17) is 0 Å². The van der Waals surface area contributed by atoms with Gasteiger partial charge < -0.3 is 5.32 Å². The van der Waals surface area contributed by atoms with Gasteiger partial charge in [-0.05, 0) is 49.2 Å². The molecule has 0 radical (unpaired) electrons. The van der Waals surface area contributed by atoms with Crippen LogP contribution in [0.3, 0.4) is 0 Å². The monoisotopic (exact) mass is 458 g/mol. The van der Waals surface area contributed by atoms with Gasteiger partial charge in [0.1, 0.15) is 17.7 Å². The third-order valence-corrected chi connectivity index (χ3v) is 6.81. The molecule has 1 heterocycles. The number of carbonyl (C=O) groups excluding carboxylic acids is 1. The normalized spacial score (nSPS) is 17.8. The van der Waals surface area contributed by atoms with E-state index in [9.17, 15) is 22.0 Å². The summed E-state index contributed by atoms with van der Waals surface area (Å²) in [4.78, 5) is 12.5. The van der Waals surface area contributed by atoms with Crippen LogP contribution in [-0.2, 0) is 21.4 Å². The summed E-state index contributed by atoms with van der Waals surface area (Å²) in [5.74, 6) is -1.49. The molecule has 27 heavy (non-hydrogen) atoms. The molecule has 1 aliphatic heterocycles. The van der Waals surface area contributed by atoms with Gasteiger partial charge in [-0.15, -0.1) is 0 Å². The Morgan fingerprint density at radius 3 is 2.56 bits per heavy atom. The number of sulfonamides is 1. The number of nitrogens with zero attached hydrogens (tertiary/aromatic N) is 1. The average Bonchev–Trinajstić information content (AvgIpc) is 3.12. The Morgan fingerprint density at radius 2 is 1.89 bits per heavy atom. The Hall–Kier alpha value is -1.84. The quantitative estimate of drug-likeness (QED) is 0.747. The summed E-state index contributed by atoms with van der Waals surface area (Å²) in [6, 6.07) is 8.10. The number of amides is 1. The molecule has 1 atom stereocenters. The molecule has 0 saturated carbocycles. The minimum absolute atomic E-state index is 0.0428. The molecule has 0 aliphatic carbocycles. The Balaban J connectivity index is 1.73. The van der Waals surface area contributed by atoms with Gasteiger partial charge in [0.2, 0.25) is 15.9 Å². The fourth-order valence-corrected chi connectivity index (χ4v) is 4.99. The zero-order valence-electron chi connectivity index (χ0n) is 14.2. The van der Waals surface area contributed by atoms with Crippen molar-refractivity contribution in [1.82, 2.24) is 9.62 Å². The predicted octanol–water partition coefficient (Wildman–Crippen LogP) is 3.20. The molecule has 9 heteroatoms. The van der Waals surface area contributed by atoms with E-state index >= 15 is 0 Å². The fourth-order valence-electron chi connectivity index (χ4n) is 3.00. The summed E-state index contributed by atoms with van der Waals surface area (Å²) in [6.07, 6.45) is 0.903. The summed E-state index contributed by atoms with van der Waals surface area (Å²) in [5.41, 5.74) is 0.303. The van der Waals surface area contributed by atoms with Crippen molar-refractivity contribution in [2.75, 3.05) is 6.54 Å². The number of halogens is 3. The third-order valence-electron chi connectivity index (χ3n) is 4.39. The third kappa shape index (κ3) is 4.36. The van der Waals surface area contributed by atoms with Crippen molar-refractivity contribution < 1.29 is 22.0 Å². The molecule has 5 nitrogen and oxygen atoms in total. The Labute approximate surface area is 164 Å². The first-order chi connectivity index (χ1) is 12.8. The van der Waals surface area contributed by atoms with E-state index in [1.54, 1.807) is 12.1 Å². The second-order valence-corrected chi connectivity index (χ2v) is 8.99. The molecule has 1 saturated heterocycles. The highest BCUT2D eigenvalue weighted by Gasteiger charge is 2.39. The fraction of sp³-hybridized carbons (Fsp3) is 0.278. The van der Waals surface area contributed by atoms with Gasteiger partial charge in [-0.25, -0.2) is 17.2 Å². The predicted molar refractivity (Wildman–Crippen MR) is 99.3 cm³/mol. The zero-order chi connectivity index (χ0) is 19.6. The zero-order valence-corrected chi connectivity index (χ0v) is 16.6. The number of nitrogens with one attached hydrogen (secondary N) is 1. The molecule has 0 unspecified atom stereocenters. The van der Waals surface area contributed by atoms with Gasteiger partial charge in [-0.3, -0.25) is 4.79 Å². The van der Waals surface area contributed by atoms with Crippen LogP contribution in [0.25, 0.3) is 0 Å². The molecule has 3 rings (SSSR count). The first-order valence-corrected chi connectivity index (χ1v) is 10.5. The Morgan fingerprint density at radius 1 is 1.19 bits per heavy atom. The van der Waals surface area contributed by atoms with Gasteiger partial charge >= 0.3 is 0 Å². The minimum atomic E-state index is -3.92. The largest absolute Gasteiger partial charge is 0.351 e. The summed E-state index contributed by atoms with van der Waals surface area (Å²) in [5, 5.41) is 2.60. The lowest BCUT2D eigenvalue weighted by Crippen LogP contribution is -2.45. The van der Waals surface area contributed by atoms with Crippen molar-refractivity contribution in [3.8, 4) is 0 Å². The van der Waals surface area contributed by atoms with Gasteiger partial charge in [0, 0.05) is 23.1 Å². The van der Waals surface area contributed by atoms with Crippen LogP contribution < -0.4 is 5.32 Å². The van der Waals surface area contributed by atoms with Crippen molar-refractivity contribution in [3.63, 3.8) is 0 Å². The van der Waals surface area contributed by atoms with E-state index in [-0.39, 0.29) is 18.0 Å². The maximum Gasteiger partial charge on any atom is 0.243 e. The van der Waals surface area contributed by atoms with Gasteiger partial charge in [0.15, 0.2) is 0 Å². The Kier molecular flexibility index (Phi) is 5.92. The first kappa shape index (κ1) is 19.9. The van der Waals surface area contributed by atoms with Crippen LogP contribution in [0.2, 0.25) is 0 Å². The van der Waals surface area contributed by atoms with Crippen LogP contribution in [0.4, 0.5) is 8.78 Å². The number of hydrogen-bond acceptors (Lipinski definition) is 3. The van der Waals surface area contributed by atoms with E-state index in [0.29, 0.717) is 22.9 Å². The van der Waals surface area contributed by atoms with Crippen LogP contribution in [0.1, 0.15) is 18.4 Å². The number of carbonyl (C=O) groups is 1. The maximum absolute atomic E-state index is 13.9. The standard InChI is InChI=1S/C18H17BrF2N2O3S/c19-13-4-3-12(16(21)10-13)11-22-18(24)17-2-1-9-23(17)27(25,26)15-7-5-14(20)6-8-15/h3-8,10,17H,1-2,9,11H2,(H,22,24)/t17-/m0/s1. The highest BCUT2D eigenvalue weighted by molar-refractivity contribution is 9.10. The van der Waals surface area contributed by atoms with Crippen molar-refractivity contribution in [2.24, 2.45) is 0 Å². The maximum atomic E-state index is 13.9. The van der Waals surface area contributed by atoms with Crippen LogP contribution in [0.15, 0.2) is 51.8 Å². The van der Waals surface area contributed by atoms with E-state index in [2.05, 4.69) is 21.2 Å². The first-order valence-electron chi connectivity index (χ1n) is 8.28. The summed E-state index contributed by atoms with van der Waals surface area (Å²) in [6.45, 7) is 0.156. The van der Waals surface area contributed by atoms with Crippen molar-refractivity contribution >= 4 is 31.9 Å². The molecule has 1 fully saturated rings. The molecule has 2 aromatic rings.